The van der Waals surface area contributed by atoms with Crippen molar-refractivity contribution in [2.45, 2.75) is 0 Å². The molecule has 0 aliphatic heterocycles. The van der Waals surface area contributed by atoms with Crippen LogP contribution in [0.15, 0.2) is 48.8 Å². The highest BCUT2D eigenvalue weighted by molar-refractivity contribution is 6.33. The third-order valence-corrected chi connectivity index (χ3v) is 3.81. The number of hydrogen-bond donors (Lipinski definition) is 4. The van der Waals surface area contributed by atoms with E-state index in [0.29, 0.717) is 0 Å². The van der Waals surface area contributed by atoms with Crippen molar-refractivity contribution in [3.63, 3.8) is 0 Å². The Hall–Kier alpha value is -3.46. The highest BCUT2D eigenvalue weighted by Crippen LogP contribution is 2.27. The van der Waals surface area contributed by atoms with E-state index in [1.807, 2.05) is 0 Å². The van der Waals surface area contributed by atoms with Crippen molar-refractivity contribution in [3.05, 3.63) is 71.0 Å². The molecule has 10 heteroatoms. The van der Waals surface area contributed by atoms with Crippen LogP contribution in [0.5, 0.6) is 0 Å². The first kappa shape index (κ1) is 18.3. The molecule has 0 radical (unpaired) electrons. The van der Waals surface area contributed by atoms with Gasteiger partial charge in [0, 0.05) is 6.07 Å². The largest absolute Gasteiger partial charge is 0.393 e. The van der Waals surface area contributed by atoms with Crippen molar-refractivity contribution in [1.29, 1.82) is 0 Å². The highest BCUT2D eigenvalue weighted by Gasteiger charge is 2.13. The second-order valence-electron chi connectivity index (χ2n) is 5.29. The van der Waals surface area contributed by atoms with Gasteiger partial charge in [-0.25, -0.2) is 18.7 Å². The highest BCUT2D eigenvalue weighted by atomic mass is 35.5. The van der Waals surface area contributed by atoms with Crippen molar-refractivity contribution >= 4 is 40.5 Å². The van der Waals surface area contributed by atoms with Crippen LogP contribution in [0.3, 0.4) is 0 Å². The molecule has 27 heavy (non-hydrogen) atoms. The molecule has 1 amide bonds. The normalized spacial score (nSPS) is 10.3. The molecule has 138 valence electrons. The van der Waals surface area contributed by atoms with Crippen molar-refractivity contribution in [3.8, 4) is 0 Å². The van der Waals surface area contributed by atoms with Gasteiger partial charge in [-0.3, -0.25) is 15.6 Å². The predicted molar refractivity (Wildman–Crippen MR) is 98.6 cm³/mol. The quantitative estimate of drug-likeness (QED) is 0.497. The van der Waals surface area contributed by atoms with Crippen LogP contribution in [-0.2, 0) is 0 Å². The topological polar surface area (TPSA) is 105 Å². The number of halogens is 3. The summed E-state index contributed by atoms with van der Waals surface area (Å²) in [4.78, 5) is 20.0. The Morgan fingerprint density at radius 2 is 1.81 bits per heavy atom. The van der Waals surface area contributed by atoms with Gasteiger partial charge in [-0.1, -0.05) is 23.7 Å². The van der Waals surface area contributed by atoms with Gasteiger partial charge < -0.3 is 11.1 Å². The van der Waals surface area contributed by atoms with Gasteiger partial charge in [0.1, 0.15) is 23.6 Å². The summed E-state index contributed by atoms with van der Waals surface area (Å²) in [6.45, 7) is 0. The molecule has 2 aromatic carbocycles. The molecule has 5 N–H and O–H groups in total. The summed E-state index contributed by atoms with van der Waals surface area (Å²) >= 11 is 5.96. The fourth-order valence-corrected chi connectivity index (χ4v) is 2.36. The van der Waals surface area contributed by atoms with E-state index in [4.69, 9.17) is 17.3 Å². The van der Waals surface area contributed by atoms with Gasteiger partial charge in [0.05, 0.1) is 16.3 Å². The number of aromatic nitrogens is 2. The lowest BCUT2D eigenvalue weighted by molar-refractivity contribution is 0.0962. The molecule has 1 heterocycles. The standard InChI is InChI=1S/C17H13ClF2N6O/c18-11-4-2-1-3-10(11)17(27)26-25-16-14(21)15(22-8-23-16)24-13-6-5-9(19)7-12(13)20/h1-8H,21H2,(H,26,27)(H2,22,23,24,25). The van der Waals surface area contributed by atoms with Crippen molar-refractivity contribution in [2.75, 3.05) is 16.5 Å². The molecule has 0 saturated carbocycles. The van der Waals surface area contributed by atoms with Crippen molar-refractivity contribution in [1.82, 2.24) is 15.4 Å². The average Bonchev–Trinajstić information content (AvgIpc) is 2.64. The lowest BCUT2D eigenvalue weighted by atomic mass is 10.2. The Kier molecular flexibility index (Phi) is 5.32. The number of hydrogen-bond acceptors (Lipinski definition) is 6. The number of nitrogen functional groups attached to an aromatic ring is 1. The minimum atomic E-state index is -0.811. The zero-order chi connectivity index (χ0) is 19.4. The third-order valence-electron chi connectivity index (χ3n) is 3.48. The first-order valence-electron chi connectivity index (χ1n) is 7.59. The Labute approximate surface area is 157 Å². The van der Waals surface area contributed by atoms with Crippen molar-refractivity contribution < 1.29 is 13.6 Å². The number of carbonyl (C=O) groups excluding carboxylic acids is 1. The summed E-state index contributed by atoms with van der Waals surface area (Å²) in [6, 6.07) is 9.51. The van der Waals surface area contributed by atoms with Crippen molar-refractivity contribution in [2.24, 2.45) is 0 Å². The number of benzene rings is 2. The minimum absolute atomic E-state index is 0.0145. The van der Waals surface area contributed by atoms with E-state index < -0.39 is 17.5 Å². The van der Waals surface area contributed by atoms with Gasteiger partial charge in [-0.05, 0) is 24.3 Å². The molecule has 0 saturated heterocycles. The number of nitrogens with zero attached hydrogens (tertiary/aromatic N) is 2. The van der Waals surface area contributed by atoms with Gasteiger partial charge in [0.2, 0.25) is 0 Å². The Balaban J connectivity index is 1.75. The van der Waals surface area contributed by atoms with Gasteiger partial charge in [-0.2, -0.15) is 0 Å². The summed E-state index contributed by atoms with van der Waals surface area (Å²) in [6.07, 6.45) is 1.16. The fraction of sp³-hybridized carbons (Fsp3) is 0. The lowest BCUT2D eigenvalue weighted by Gasteiger charge is -2.13. The molecule has 0 unspecified atom stereocenters. The van der Waals surface area contributed by atoms with E-state index in [2.05, 4.69) is 26.1 Å². The van der Waals surface area contributed by atoms with Gasteiger partial charge in [-0.15, -0.1) is 0 Å². The monoisotopic (exact) mass is 390 g/mol. The maximum absolute atomic E-state index is 13.8. The Morgan fingerprint density at radius 1 is 1.07 bits per heavy atom. The minimum Gasteiger partial charge on any atom is -0.393 e. The summed E-state index contributed by atoms with van der Waals surface area (Å²) in [5.74, 6) is -1.87. The number of hydrazine groups is 1. The second kappa shape index (κ2) is 7.83. The third kappa shape index (κ3) is 4.21. The summed E-state index contributed by atoms with van der Waals surface area (Å²) < 4.78 is 26.8. The van der Waals surface area contributed by atoms with E-state index >= 15 is 0 Å². The van der Waals surface area contributed by atoms with E-state index in [1.54, 1.807) is 24.3 Å². The van der Waals surface area contributed by atoms with Crippen LogP contribution in [0.1, 0.15) is 10.4 Å². The molecule has 0 aliphatic rings. The molecule has 3 rings (SSSR count). The number of rotatable bonds is 5. The predicted octanol–water partition coefficient (Wildman–Crippen LogP) is 3.49. The van der Waals surface area contributed by atoms with Gasteiger partial charge >= 0.3 is 0 Å². The average molecular weight is 391 g/mol. The smallest absolute Gasteiger partial charge is 0.271 e. The number of anilines is 4. The maximum Gasteiger partial charge on any atom is 0.271 e. The zero-order valence-electron chi connectivity index (χ0n) is 13.6. The molecular formula is C17H13ClF2N6O. The summed E-state index contributed by atoms with van der Waals surface area (Å²) in [5, 5.41) is 2.92. The zero-order valence-corrected chi connectivity index (χ0v) is 14.4. The second-order valence-corrected chi connectivity index (χ2v) is 5.70. The molecule has 7 nitrogen and oxygen atoms in total. The fourth-order valence-electron chi connectivity index (χ4n) is 2.14. The first-order valence-corrected chi connectivity index (χ1v) is 7.97. The van der Waals surface area contributed by atoms with E-state index in [0.717, 1.165) is 18.5 Å². The lowest BCUT2D eigenvalue weighted by Crippen LogP contribution is -2.30. The van der Waals surface area contributed by atoms with Gasteiger partial charge in [0.25, 0.3) is 5.91 Å². The summed E-state index contributed by atoms with van der Waals surface area (Å²) in [7, 11) is 0. The van der Waals surface area contributed by atoms with Crippen LogP contribution >= 0.6 is 11.6 Å². The van der Waals surface area contributed by atoms with Crippen LogP contribution in [0.4, 0.5) is 31.8 Å². The molecule has 0 fully saturated rings. The molecule has 0 spiro atoms. The van der Waals surface area contributed by atoms with E-state index in [-0.39, 0.29) is 33.6 Å². The molecule has 0 aliphatic carbocycles. The molecule has 0 bridgehead atoms. The van der Waals surface area contributed by atoms with Crippen LogP contribution in [0, 0.1) is 11.6 Å². The number of nitrogens with one attached hydrogen (secondary N) is 3. The SMILES string of the molecule is Nc1c(NNC(=O)c2ccccc2Cl)ncnc1Nc1ccc(F)cc1F. The Morgan fingerprint density at radius 3 is 2.56 bits per heavy atom. The number of amides is 1. The van der Waals surface area contributed by atoms with E-state index in [1.165, 1.54) is 6.07 Å². The van der Waals surface area contributed by atoms with E-state index in [9.17, 15) is 13.6 Å². The maximum atomic E-state index is 13.8. The molecule has 0 atom stereocenters. The van der Waals surface area contributed by atoms with Gasteiger partial charge in [0.15, 0.2) is 11.6 Å². The first-order chi connectivity index (χ1) is 13.0. The van der Waals surface area contributed by atoms with Crippen LogP contribution in [0.25, 0.3) is 0 Å². The summed E-state index contributed by atoms with van der Waals surface area (Å²) in [5.41, 5.74) is 11.2. The number of carbonyl (C=O) groups is 1. The Bertz CT molecular complexity index is 1000. The molecule has 3 aromatic rings. The van der Waals surface area contributed by atoms with Crippen LogP contribution in [0.2, 0.25) is 5.02 Å². The molecular weight excluding hydrogens is 378 g/mol. The van der Waals surface area contributed by atoms with Crippen LogP contribution < -0.4 is 21.9 Å². The number of nitrogens with two attached hydrogens (primary N) is 1. The molecule has 1 aromatic heterocycles. The van der Waals surface area contributed by atoms with Crippen LogP contribution in [-0.4, -0.2) is 15.9 Å².